The SMILES string of the molecule is COc1ccc(OC)c(CCNC(=O)[C@H](CCS(C)(=O)=O)N2Cc3ccccc3C2=O)c1. The number of methoxy groups -OCH3 is 2. The van der Waals surface area contributed by atoms with Gasteiger partial charge in [0.05, 0.1) is 20.0 Å². The van der Waals surface area contributed by atoms with Crippen LogP contribution < -0.4 is 14.8 Å². The molecule has 0 aliphatic carbocycles. The molecule has 0 bridgehead atoms. The molecule has 172 valence electrons. The molecule has 1 heterocycles. The van der Waals surface area contributed by atoms with Gasteiger partial charge in [-0.25, -0.2) is 8.42 Å². The summed E-state index contributed by atoms with van der Waals surface area (Å²) in [6, 6.07) is 11.7. The van der Waals surface area contributed by atoms with E-state index in [-0.39, 0.29) is 30.5 Å². The molecule has 8 nitrogen and oxygen atoms in total. The lowest BCUT2D eigenvalue weighted by Gasteiger charge is -2.27. The van der Waals surface area contributed by atoms with Crippen LogP contribution in [-0.4, -0.2) is 63.9 Å². The molecule has 9 heteroatoms. The van der Waals surface area contributed by atoms with Crippen LogP contribution in [0.4, 0.5) is 0 Å². The molecule has 2 aromatic rings. The minimum absolute atomic E-state index is 0.0346. The van der Waals surface area contributed by atoms with Crippen LogP contribution >= 0.6 is 0 Å². The number of carbonyl (C=O) groups is 2. The Hall–Kier alpha value is -3.07. The molecule has 0 unspecified atom stereocenters. The topological polar surface area (TPSA) is 102 Å². The average Bonchev–Trinajstić information content (AvgIpc) is 3.09. The van der Waals surface area contributed by atoms with Crippen molar-refractivity contribution in [2.75, 3.05) is 32.8 Å². The molecule has 2 amide bonds. The van der Waals surface area contributed by atoms with Crippen LogP contribution in [0.1, 0.15) is 27.9 Å². The maximum absolute atomic E-state index is 13.1. The van der Waals surface area contributed by atoms with Gasteiger partial charge in [-0.2, -0.15) is 0 Å². The van der Waals surface area contributed by atoms with Gasteiger partial charge in [0.2, 0.25) is 5.91 Å². The summed E-state index contributed by atoms with van der Waals surface area (Å²) < 4.78 is 34.1. The van der Waals surface area contributed by atoms with E-state index in [1.165, 1.54) is 4.90 Å². The lowest BCUT2D eigenvalue weighted by Crippen LogP contribution is -2.48. The Morgan fingerprint density at radius 2 is 1.91 bits per heavy atom. The van der Waals surface area contributed by atoms with Gasteiger partial charge in [0.15, 0.2) is 0 Å². The zero-order chi connectivity index (χ0) is 23.3. The van der Waals surface area contributed by atoms with E-state index in [4.69, 9.17) is 9.47 Å². The smallest absolute Gasteiger partial charge is 0.255 e. The van der Waals surface area contributed by atoms with E-state index >= 15 is 0 Å². The van der Waals surface area contributed by atoms with Crippen molar-refractivity contribution in [1.29, 1.82) is 0 Å². The molecule has 0 saturated heterocycles. The number of sulfone groups is 1. The highest BCUT2D eigenvalue weighted by Crippen LogP contribution is 2.26. The second-order valence-electron chi connectivity index (χ2n) is 7.74. The van der Waals surface area contributed by atoms with Crippen LogP contribution in [0.25, 0.3) is 0 Å². The number of amides is 2. The predicted molar refractivity (Wildman–Crippen MR) is 121 cm³/mol. The monoisotopic (exact) mass is 460 g/mol. The summed E-state index contributed by atoms with van der Waals surface area (Å²) >= 11 is 0. The first-order valence-electron chi connectivity index (χ1n) is 10.3. The quantitative estimate of drug-likeness (QED) is 0.580. The molecular formula is C23H28N2O6S. The van der Waals surface area contributed by atoms with Crippen molar-refractivity contribution < 1.29 is 27.5 Å². The van der Waals surface area contributed by atoms with E-state index in [2.05, 4.69) is 5.32 Å². The minimum atomic E-state index is -3.30. The number of rotatable bonds is 10. The van der Waals surface area contributed by atoms with Crippen LogP contribution in [0.2, 0.25) is 0 Å². The Labute approximate surface area is 188 Å². The normalized spacial score (nSPS) is 14.1. The molecule has 2 aromatic carbocycles. The van der Waals surface area contributed by atoms with Gasteiger partial charge in [0.1, 0.15) is 27.4 Å². The number of ether oxygens (including phenoxy) is 2. The van der Waals surface area contributed by atoms with Gasteiger partial charge < -0.3 is 19.7 Å². The highest BCUT2D eigenvalue weighted by Gasteiger charge is 2.36. The maximum Gasteiger partial charge on any atom is 0.255 e. The predicted octanol–water partition coefficient (Wildman–Crippen LogP) is 1.82. The Morgan fingerprint density at radius 3 is 2.56 bits per heavy atom. The maximum atomic E-state index is 13.1. The van der Waals surface area contributed by atoms with Crippen molar-refractivity contribution in [3.8, 4) is 11.5 Å². The zero-order valence-electron chi connectivity index (χ0n) is 18.5. The van der Waals surface area contributed by atoms with Crippen LogP contribution in [0, 0.1) is 0 Å². The number of hydrogen-bond acceptors (Lipinski definition) is 6. The van der Waals surface area contributed by atoms with Gasteiger partial charge in [-0.1, -0.05) is 18.2 Å². The number of nitrogens with zero attached hydrogens (tertiary/aromatic N) is 1. The van der Waals surface area contributed by atoms with E-state index in [1.54, 1.807) is 38.5 Å². The van der Waals surface area contributed by atoms with Crippen molar-refractivity contribution >= 4 is 21.7 Å². The fourth-order valence-corrected chi connectivity index (χ4v) is 4.45. The summed E-state index contributed by atoms with van der Waals surface area (Å²) in [7, 11) is -0.150. The zero-order valence-corrected chi connectivity index (χ0v) is 19.3. The average molecular weight is 461 g/mol. The third-order valence-electron chi connectivity index (χ3n) is 5.47. The molecule has 1 aliphatic rings. The third kappa shape index (κ3) is 5.59. The largest absolute Gasteiger partial charge is 0.497 e. The molecule has 3 rings (SSSR count). The first kappa shape index (κ1) is 23.6. The van der Waals surface area contributed by atoms with Crippen molar-refractivity contribution in [2.45, 2.75) is 25.4 Å². The Balaban J connectivity index is 1.72. The van der Waals surface area contributed by atoms with E-state index in [0.717, 1.165) is 17.4 Å². The first-order chi connectivity index (χ1) is 15.2. The molecule has 0 saturated carbocycles. The summed E-state index contributed by atoms with van der Waals surface area (Å²) in [4.78, 5) is 27.4. The van der Waals surface area contributed by atoms with Gasteiger partial charge in [0, 0.05) is 24.9 Å². The summed E-state index contributed by atoms with van der Waals surface area (Å²) in [6.45, 7) is 0.577. The fraction of sp³-hybridized carbons (Fsp3) is 0.391. The number of carbonyl (C=O) groups excluding carboxylic acids is 2. The van der Waals surface area contributed by atoms with Gasteiger partial charge in [-0.15, -0.1) is 0 Å². The number of fused-ring (bicyclic) bond motifs is 1. The van der Waals surface area contributed by atoms with Crippen LogP contribution in [0.15, 0.2) is 42.5 Å². The first-order valence-corrected chi connectivity index (χ1v) is 12.3. The van der Waals surface area contributed by atoms with Crippen molar-refractivity contribution in [3.05, 3.63) is 59.2 Å². The van der Waals surface area contributed by atoms with Crippen molar-refractivity contribution in [2.24, 2.45) is 0 Å². The summed E-state index contributed by atoms with van der Waals surface area (Å²) in [5.74, 6) is 0.535. The van der Waals surface area contributed by atoms with Gasteiger partial charge >= 0.3 is 0 Å². The third-order valence-corrected chi connectivity index (χ3v) is 6.45. The highest BCUT2D eigenvalue weighted by molar-refractivity contribution is 7.90. The molecule has 1 N–H and O–H groups in total. The Morgan fingerprint density at radius 1 is 1.16 bits per heavy atom. The van der Waals surface area contributed by atoms with Crippen molar-refractivity contribution in [3.63, 3.8) is 0 Å². The summed E-state index contributed by atoms with van der Waals surface area (Å²) in [5.41, 5.74) is 2.24. The molecule has 0 spiro atoms. The van der Waals surface area contributed by atoms with Crippen LogP contribution in [0.3, 0.4) is 0 Å². The molecule has 1 atom stereocenters. The second-order valence-corrected chi connectivity index (χ2v) is 10.0. The molecule has 0 fully saturated rings. The highest BCUT2D eigenvalue weighted by atomic mass is 32.2. The van der Waals surface area contributed by atoms with E-state index < -0.39 is 15.9 Å². The molecular weight excluding hydrogens is 432 g/mol. The van der Waals surface area contributed by atoms with E-state index in [0.29, 0.717) is 30.0 Å². The molecule has 0 radical (unpaired) electrons. The molecule has 1 aliphatic heterocycles. The summed E-state index contributed by atoms with van der Waals surface area (Å²) in [5, 5.41) is 2.86. The number of benzene rings is 2. The van der Waals surface area contributed by atoms with Crippen LogP contribution in [0.5, 0.6) is 11.5 Å². The lowest BCUT2D eigenvalue weighted by molar-refractivity contribution is -0.125. The van der Waals surface area contributed by atoms with Crippen LogP contribution in [-0.2, 0) is 27.6 Å². The van der Waals surface area contributed by atoms with Gasteiger partial charge in [0.25, 0.3) is 5.91 Å². The van der Waals surface area contributed by atoms with E-state index in [1.807, 2.05) is 18.2 Å². The van der Waals surface area contributed by atoms with Gasteiger partial charge in [-0.3, -0.25) is 9.59 Å². The molecule has 32 heavy (non-hydrogen) atoms. The van der Waals surface area contributed by atoms with Crippen molar-refractivity contribution in [1.82, 2.24) is 10.2 Å². The van der Waals surface area contributed by atoms with Gasteiger partial charge in [-0.05, 0) is 48.2 Å². The molecule has 0 aromatic heterocycles. The minimum Gasteiger partial charge on any atom is -0.497 e. The standard InChI is InChI=1S/C23H28N2O6S/c1-30-18-8-9-21(31-2)16(14-18)10-12-24-22(26)20(11-13-32(3,28)29)25-15-17-6-4-5-7-19(17)23(25)27/h4-9,14,20H,10-13,15H2,1-3H3,(H,24,26)/t20-/m0/s1. The Bertz CT molecular complexity index is 1100. The Kier molecular flexibility index (Phi) is 7.40. The number of nitrogens with one attached hydrogen (secondary N) is 1. The lowest BCUT2D eigenvalue weighted by atomic mass is 10.1. The fourth-order valence-electron chi connectivity index (χ4n) is 3.80. The second kappa shape index (κ2) is 10.0. The van der Waals surface area contributed by atoms with E-state index in [9.17, 15) is 18.0 Å². The summed E-state index contributed by atoms with van der Waals surface area (Å²) in [6.07, 6.45) is 1.64. The number of hydrogen-bond donors (Lipinski definition) is 1.